The van der Waals surface area contributed by atoms with Crippen molar-refractivity contribution in [2.75, 3.05) is 0 Å². The second kappa shape index (κ2) is 6.24. The van der Waals surface area contributed by atoms with Crippen LogP contribution in [0.15, 0.2) is 53.6 Å². The number of aromatic nitrogens is 2. The monoisotopic (exact) mass is 388 g/mol. The zero-order chi connectivity index (χ0) is 20.3. The lowest BCUT2D eigenvalue weighted by molar-refractivity contribution is 0.0695. The Balaban J connectivity index is 1.85. The smallest absolute Gasteiger partial charge is 0.341 e. The number of pyridine rings is 2. The van der Waals surface area contributed by atoms with Crippen LogP contribution in [0.5, 0.6) is 0 Å². The third-order valence-corrected chi connectivity index (χ3v) is 5.57. The summed E-state index contributed by atoms with van der Waals surface area (Å²) in [6.07, 6.45) is 4.90. The number of carboxylic acids is 1. The van der Waals surface area contributed by atoms with Crippen molar-refractivity contribution in [3.8, 4) is 11.3 Å². The first kappa shape index (κ1) is 17.6. The van der Waals surface area contributed by atoms with Gasteiger partial charge in [-0.3, -0.25) is 9.78 Å². The molecule has 0 spiro atoms. The summed E-state index contributed by atoms with van der Waals surface area (Å²) in [5, 5.41) is 11.4. The molecule has 144 valence electrons. The van der Waals surface area contributed by atoms with Gasteiger partial charge in [0.15, 0.2) is 0 Å². The van der Waals surface area contributed by atoms with Crippen LogP contribution in [0.1, 0.15) is 34.8 Å². The minimum Gasteiger partial charge on any atom is -0.477 e. The molecule has 0 saturated heterocycles. The van der Waals surface area contributed by atoms with Crippen molar-refractivity contribution in [1.82, 2.24) is 9.55 Å². The fraction of sp³-hybridized carbons (Fsp3) is 0.174. The summed E-state index contributed by atoms with van der Waals surface area (Å²) in [5.74, 6) is -1.88. The van der Waals surface area contributed by atoms with Gasteiger partial charge in [-0.2, -0.15) is 0 Å². The lowest BCUT2D eigenvalue weighted by Gasteiger charge is -2.17. The van der Waals surface area contributed by atoms with E-state index in [-0.39, 0.29) is 17.0 Å². The summed E-state index contributed by atoms with van der Waals surface area (Å²) in [4.78, 5) is 28.7. The van der Waals surface area contributed by atoms with Crippen molar-refractivity contribution in [3.63, 3.8) is 0 Å². The number of benzene rings is 2. The van der Waals surface area contributed by atoms with Crippen LogP contribution in [0, 0.1) is 12.7 Å². The third kappa shape index (κ3) is 2.71. The predicted octanol–water partition coefficient (Wildman–Crippen LogP) is 4.70. The van der Waals surface area contributed by atoms with E-state index < -0.39 is 17.2 Å². The summed E-state index contributed by atoms with van der Waals surface area (Å²) in [7, 11) is 0. The molecule has 0 atom stereocenters. The Morgan fingerprint density at radius 1 is 1.21 bits per heavy atom. The molecule has 0 radical (unpaired) electrons. The van der Waals surface area contributed by atoms with Crippen molar-refractivity contribution in [2.24, 2.45) is 0 Å². The van der Waals surface area contributed by atoms with Gasteiger partial charge in [-0.05, 0) is 42.8 Å². The van der Waals surface area contributed by atoms with Crippen LogP contribution in [0.3, 0.4) is 0 Å². The molecule has 1 aliphatic rings. The van der Waals surface area contributed by atoms with Gasteiger partial charge in [0.05, 0.1) is 11.2 Å². The second-order valence-electron chi connectivity index (χ2n) is 7.49. The minimum atomic E-state index is -1.30. The van der Waals surface area contributed by atoms with Gasteiger partial charge in [0.1, 0.15) is 11.4 Å². The molecule has 2 aromatic carbocycles. The van der Waals surface area contributed by atoms with Gasteiger partial charge in [-0.25, -0.2) is 9.18 Å². The molecule has 0 aliphatic heterocycles. The highest BCUT2D eigenvalue weighted by molar-refractivity contribution is 5.96. The zero-order valence-corrected chi connectivity index (χ0v) is 15.6. The Labute approximate surface area is 165 Å². The lowest BCUT2D eigenvalue weighted by atomic mass is 9.97. The number of hydrogen-bond donors (Lipinski definition) is 1. The van der Waals surface area contributed by atoms with Crippen LogP contribution in [0.2, 0.25) is 0 Å². The number of carboxylic acid groups (broad SMARTS) is 1. The average Bonchev–Trinajstić information content (AvgIpc) is 3.53. The number of carbonyl (C=O) groups is 1. The van der Waals surface area contributed by atoms with Crippen LogP contribution in [0.4, 0.5) is 4.39 Å². The van der Waals surface area contributed by atoms with Gasteiger partial charge < -0.3 is 9.67 Å². The van der Waals surface area contributed by atoms with E-state index in [0.717, 1.165) is 29.7 Å². The highest BCUT2D eigenvalue weighted by Gasteiger charge is 2.29. The molecule has 0 unspecified atom stereocenters. The Morgan fingerprint density at radius 3 is 2.62 bits per heavy atom. The third-order valence-electron chi connectivity index (χ3n) is 5.57. The van der Waals surface area contributed by atoms with Crippen molar-refractivity contribution in [1.29, 1.82) is 0 Å². The Kier molecular flexibility index (Phi) is 3.77. The molecule has 2 heterocycles. The van der Waals surface area contributed by atoms with Crippen molar-refractivity contribution < 1.29 is 14.3 Å². The normalized spacial score (nSPS) is 13.9. The topological polar surface area (TPSA) is 72.2 Å². The van der Waals surface area contributed by atoms with E-state index in [1.54, 1.807) is 13.1 Å². The van der Waals surface area contributed by atoms with Crippen molar-refractivity contribution in [2.45, 2.75) is 25.8 Å². The fourth-order valence-electron chi connectivity index (χ4n) is 4.01. The van der Waals surface area contributed by atoms with E-state index in [1.807, 2.05) is 34.9 Å². The SMILES string of the molecule is Cc1c(-c2cc3ccccc3cn2)c(F)cc2c(=O)c(C(=O)O)cn(C3CC3)c12. The second-order valence-corrected chi connectivity index (χ2v) is 7.49. The molecular formula is C23H17FN2O3. The van der Waals surface area contributed by atoms with Crippen molar-refractivity contribution in [3.05, 3.63) is 76.0 Å². The molecule has 5 rings (SSSR count). The molecule has 6 heteroatoms. The quantitative estimate of drug-likeness (QED) is 0.552. The molecule has 0 bridgehead atoms. The van der Waals surface area contributed by atoms with Crippen LogP contribution >= 0.6 is 0 Å². The summed E-state index contributed by atoms with van der Waals surface area (Å²) >= 11 is 0. The van der Waals surface area contributed by atoms with Crippen molar-refractivity contribution >= 4 is 27.6 Å². The molecule has 5 nitrogen and oxygen atoms in total. The van der Waals surface area contributed by atoms with Gasteiger partial charge in [0, 0.05) is 34.8 Å². The molecule has 1 saturated carbocycles. The summed E-state index contributed by atoms with van der Waals surface area (Å²) in [6, 6.07) is 10.8. The molecule has 1 aliphatic carbocycles. The number of halogens is 1. The number of hydrogen-bond acceptors (Lipinski definition) is 3. The van der Waals surface area contributed by atoms with Gasteiger partial charge in [0.25, 0.3) is 0 Å². The van der Waals surface area contributed by atoms with E-state index in [9.17, 15) is 14.7 Å². The van der Waals surface area contributed by atoms with Gasteiger partial charge in [-0.15, -0.1) is 0 Å². The number of fused-ring (bicyclic) bond motifs is 2. The van der Waals surface area contributed by atoms with Crippen LogP contribution in [0.25, 0.3) is 32.9 Å². The van der Waals surface area contributed by atoms with Crippen LogP contribution in [-0.4, -0.2) is 20.6 Å². The Bertz CT molecular complexity index is 1390. The van der Waals surface area contributed by atoms with Crippen LogP contribution < -0.4 is 5.43 Å². The minimum absolute atomic E-state index is 0.0938. The number of aryl methyl sites for hydroxylation is 1. The Morgan fingerprint density at radius 2 is 1.93 bits per heavy atom. The molecule has 2 aromatic heterocycles. The average molecular weight is 388 g/mol. The standard InChI is InChI=1S/C23H17FN2O3/c1-12-20(19-8-13-4-2-3-5-14(13)10-25-19)18(24)9-16-21(12)26(15-6-7-15)11-17(22(16)27)23(28)29/h2-5,8-11,15H,6-7H2,1H3,(H,28,29). The summed E-state index contributed by atoms with van der Waals surface area (Å²) in [6.45, 7) is 1.76. The molecule has 29 heavy (non-hydrogen) atoms. The largest absolute Gasteiger partial charge is 0.477 e. The molecule has 0 amide bonds. The van der Waals surface area contributed by atoms with E-state index in [2.05, 4.69) is 4.98 Å². The number of rotatable bonds is 3. The van der Waals surface area contributed by atoms with Crippen LogP contribution in [-0.2, 0) is 0 Å². The first-order valence-corrected chi connectivity index (χ1v) is 9.42. The van der Waals surface area contributed by atoms with E-state index >= 15 is 4.39 Å². The highest BCUT2D eigenvalue weighted by atomic mass is 19.1. The van der Waals surface area contributed by atoms with Gasteiger partial charge in [0.2, 0.25) is 5.43 Å². The van der Waals surface area contributed by atoms with Gasteiger partial charge in [-0.1, -0.05) is 24.3 Å². The molecule has 1 fully saturated rings. The summed E-state index contributed by atoms with van der Waals surface area (Å²) in [5.41, 5.74) is 0.986. The number of aromatic carboxylic acids is 1. The van der Waals surface area contributed by atoms with Gasteiger partial charge >= 0.3 is 5.97 Å². The fourth-order valence-corrected chi connectivity index (χ4v) is 4.01. The zero-order valence-electron chi connectivity index (χ0n) is 15.6. The summed E-state index contributed by atoms with van der Waals surface area (Å²) < 4.78 is 17.0. The molecule has 1 N–H and O–H groups in total. The maximum atomic E-state index is 15.2. The Hall–Kier alpha value is -3.54. The van der Waals surface area contributed by atoms with E-state index in [0.29, 0.717) is 22.3 Å². The van der Waals surface area contributed by atoms with E-state index in [4.69, 9.17) is 0 Å². The molecular weight excluding hydrogens is 371 g/mol. The first-order chi connectivity index (χ1) is 14.0. The maximum absolute atomic E-state index is 15.2. The van der Waals surface area contributed by atoms with E-state index in [1.165, 1.54) is 6.20 Å². The molecule has 4 aromatic rings. The highest BCUT2D eigenvalue weighted by Crippen LogP contribution is 2.40. The lowest BCUT2D eigenvalue weighted by Crippen LogP contribution is -2.19. The predicted molar refractivity (Wildman–Crippen MR) is 109 cm³/mol. The first-order valence-electron chi connectivity index (χ1n) is 9.42. The maximum Gasteiger partial charge on any atom is 0.341 e. The number of nitrogens with zero attached hydrogens (tertiary/aromatic N) is 2.